The molecule has 3 unspecified atom stereocenters. The number of nitro groups is 1. The van der Waals surface area contributed by atoms with Gasteiger partial charge in [0, 0.05) is 36.4 Å². The van der Waals surface area contributed by atoms with Crippen LogP contribution in [0.2, 0.25) is 0 Å². The minimum absolute atomic E-state index is 0.0316. The van der Waals surface area contributed by atoms with Gasteiger partial charge in [-0.25, -0.2) is 4.79 Å². The zero-order chi connectivity index (χ0) is 58.0. The van der Waals surface area contributed by atoms with E-state index in [-0.39, 0.29) is 88.2 Å². The van der Waals surface area contributed by atoms with E-state index in [4.69, 9.17) is 28.4 Å². The van der Waals surface area contributed by atoms with E-state index in [2.05, 4.69) is 26.6 Å². The van der Waals surface area contributed by atoms with E-state index in [1.54, 1.807) is 12.1 Å². The molecule has 426 valence electrons. The summed E-state index contributed by atoms with van der Waals surface area (Å²) in [6.45, 7) is 4.52. The highest BCUT2D eigenvalue weighted by atomic mass is 16.7. The molecule has 0 radical (unpaired) electrons. The Balaban J connectivity index is 1.00. The predicted molar refractivity (Wildman–Crippen MR) is 292 cm³/mol. The standard InChI is InChI=1S/C58H63N7O16/c1-40(59-50(66)28-30-76-32-34-78-36-37-79-35-33-77-31-29-64-52(68)26-27-53(64)69)54(70)60-41(2)55(71)62-49(56(72)61-46-20-18-42(19-21-46)39-80-57(73)81-48-24-22-47(23-25-48)65(74)75)38-51(67)63-58(43-12-6-3-7-13-43,44-14-8-4-9-15-44)45-16-10-5-11-17-45/h3-27,40-41,49H,28-39H2,1-2H3,(H,59,66)(H,60,70)(H,61,72)(H,62,71)(H,63,67). The number of rotatable bonds is 32. The Morgan fingerprint density at radius 2 is 1.05 bits per heavy atom. The fourth-order valence-corrected chi connectivity index (χ4v) is 8.07. The Bertz CT molecular complexity index is 2830. The molecule has 81 heavy (non-hydrogen) atoms. The fraction of sp³-hybridized carbons (Fsp3) is 0.310. The van der Waals surface area contributed by atoms with Crippen LogP contribution in [0.15, 0.2) is 152 Å². The van der Waals surface area contributed by atoms with Crippen LogP contribution < -0.4 is 31.3 Å². The van der Waals surface area contributed by atoms with Crippen LogP contribution in [-0.4, -0.2) is 135 Å². The molecule has 0 saturated heterocycles. The lowest BCUT2D eigenvalue weighted by Gasteiger charge is -2.37. The monoisotopic (exact) mass is 1110 g/mol. The van der Waals surface area contributed by atoms with Gasteiger partial charge in [0.15, 0.2) is 0 Å². The summed E-state index contributed by atoms with van der Waals surface area (Å²) in [5.74, 6) is -4.14. The number of anilines is 1. The first kappa shape index (κ1) is 61.1. The number of non-ortho nitro benzene ring substituents is 1. The maximum atomic E-state index is 14.6. The molecule has 0 saturated carbocycles. The molecule has 5 N–H and O–H groups in total. The number of hydrogen-bond donors (Lipinski definition) is 5. The molecule has 0 aliphatic carbocycles. The number of hydrogen-bond acceptors (Lipinski definition) is 16. The Labute approximate surface area is 466 Å². The number of carbonyl (C=O) groups excluding carboxylic acids is 8. The van der Waals surface area contributed by atoms with Gasteiger partial charge in [-0.15, -0.1) is 0 Å². The molecule has 5 aromatic rings. The number of nitro benzene ring substituents is 1. The Morgan fingerprint density at radius 1 is 0.568 bits per heavy atom. The summed E-state index contributed by atoms with van der Waals surface area (Å²) in [5.41, 5.74) is 1.43. The third-order valence-corrected chi connectivity index (χ3v) is 12.3. The van der Waals surface area contributed by atoms with E-state index < -0.39 is 70.7 Å². The van der Waals surface area contributed by atoms with Gasteiger partial charge in [0.2, 0.25) is 29.5 Å². The van der Waals surface area contributed by atoms with Gasteiger partial charge < -0.3 is 55.0 Å². The molecular formula is C58H63N7O16. The van der Waals surface area contributed by atoms with Crippen LogP contribution in [0, 0.1) is 10.1 Å². The number of nitrogens with one attached hydrogen (secondary N) is 5. The van der Waals surface area contributed by atoms with Gasteiger partial charge in [-0.05, 0) is 60.4 Å². The number of carbonyl (C=O) groups is 8. The van der Waals surface area contributed by atoms with Crippen molar-refractivity contribution in [3.63, 3.8) is 0 Å². The topological polar surface area (TPSA) is 298 Å². The van der Waals surface area contributed by atoms with Gasteiger partial charge in [0.25, 0.3) is 17.5 Å². The third-order valence-electron chi connectivity index (χ3n) is 12.3. The van der Waals surface area contributed by atoms with Gasteiger partial charge in [0.05, 0.1) is 70.7 Å². The Kier molecular flexibility index (Phi) is 23.7. The molecule has 0 aromatic heterocycles. The Hall–Kier alpha value is -9.16. The first-order chi connectivity index (χ1) is 39.1. The van der Waals surface area contributed by atoms with Crippen molar-refractivity contribution in [1.29, 1.82) is 0 Å². The Morgan fingerprint density at radius 3 is 1.57 bits per heavy atom. The van der Waals surface area contributed by atoms with E-state index >= 15 is 0 Å². The number of imide groups is 1. The average Bonchev–Trinajstić information content (AvgIpc) is 3.96. The second-order valence-corrected chi connectivity index (χ2v) is 18.1. The van der Waals surface area contributed by atoms with Crippen LogP contribution >= 0.6 is 0 Å². The van der Waals surface area contributed by atoms with E-state index in [0.29, 0.717) is 35.5 Å². The van der Waals surface area contributed by atoms with Gasteiger partial charge in [-0.2, -0.15) is 0 Å². The zero-order valence-corrected chi connectivity index (χ0v) is 44.6. The molecule has 23 heteroatoms. The normalized spacial score (nSPS) is 13.1. The highest BCUT2D eigenvalue weighted by Gasteiger charge is 2.39. The van der Waals surface area contributed by atoms with E-state index in [0.717, 1.165) is 4.90 Å². The number of ether oxygens (including phenoxy) is 6. The summed E-state index contributed by atoms with van der Waals surface area (Å²) in [4.78, 5) is 116. The smallest absolute Gasteiger partial charge is 0.429 e. The third kappa shape index (κ3) is 19.0. The maximum absolute atomic E-state index is 14.6. The lowest BCUT2D eigenvalue weighted by Crippen LogP contribution is -2.56. The second-order valence-electron chi connectivity index (χ2n) is 18.1. The molecule has 0 fully saturated rings. The van der Waals surface area contributed by atoms with E-state index in [9.17, 15) is 48.5 Å². The molecule has 1 aliphatic rings. The summed E-state index contributed by atoms with van der Waals surface area (Å²) < 4.78 is 32.0. The molecule has 3 atom stereocenters. The van der Waals surface area contributed by atoms with Gasteiger partial charge in [-0.3, -0.25) is 48.6 Å². The highest BCUT2D eigenvalue weighted by Crippen LogP contribution is 2.37. The summed E-state index contributed by atoms with van der Waals surface area (Å²) in [5, 5.41) is 24.6. The summed E-state index contributed by atoms with van der Waals surface area (Å²) >= 11 is 0. The summed E-state index contributed by atoms with van der Waals surface area (Å²) in [6.07, 6.45) is 0.709. The molecule has 1 heterocycles. The van der Waals surface area contributed by atoms with Crippen LogP contribution in [0.25, 0.3) is 0 Å². The SMILES string of the molecule is CC(NC(=O)CCOCCOCCOCCOCCN1C(=O)C=CC1=O)C(=O)NC(C)C(=O)NC(CC(=O)NC(c1ccccc1)(c1ccccc1)c1ccccc1)C(=O)Nc1ccc(COC(=O)Oc2ccc([N+](=O)[O-])cc2)cc1. The first-order valence-electron chi connectivity index (χ1n) is 25.8. The molecule has 23 nitrogen and oxygen atoms in total. The summed E-state index contributed by atoms with van der Waals surface area (Å²) in [7, 11) is 0. The number of amides is 7. The minimum Gasteiger partial charge on any atom is -0.429 e. The van der Waals surface area contributed by atoms with Crippen LogP contribution in [0.1, 0.15) is 48.9 Å². The van der Waals surface area contributed by atoms with Crippen molar-refractivity contribution in [2.75, 3.05) is 64.7 Å². The number of benzene rings is 5. The van der Waals surface area contributed by atoms with Crippen LogP contribution in [0.5, 0.6) is 5.75 Å². The lowest BCUT2D eigenvalue weighted by molar-refractivity contribution is -0.384. The highest BCUT2D eigenvalue weighted by molar-refractivity contribution is 6.12. The molecule has 1 aliphatic heterocycles. The van der Waals surface area contributed by atoms with Gasteiger partial charge in [0.1, 0.15) is 36.0 Å². The second kappa shape index (κ2) is 31.4. The molecule has 5 aromatic carbocycles. The molecule has 0 spiro atoms. The van der Waals surface area contributed by atoms with Crippen molar-refractivity contribution in [2.45, 2.75) is 57.0 Å². The van der Waals surface area contributed by atoms with E-state index in [1.165, 1.54) is 62.4 Å². The first-order valence-corrected chi connectivity index (χ1v) is 25.8. The van der Waals surface area contributed by atoms with E-state index in [1.807, 2.05) is 91.0 Å². The van der Waals surface area contributed by atoms with Crippen LogP contribution in [-0.2, 0) is 69.4 Å². The van der Waals surface area contributed by atoms with Crippen molar-refractivity contribution in [3.8, 4) is 5.75 Å². The van der Waals surface area contributed by atoms with Crippen molar-refractivity contribution in [1.82, 2.24) is 26.2 Å². The van der Waals surface area contributed by atoms with Crippen molar-refractivity contribution in [2.24, 2.45) is 0 Å². The van der Waals surface area contributed by atoms with Gasteiger partial charge >= 0.3 is 6.16 Å². The van der Waals surface area contributed by atoms with Crippen LogP contribution in [0.3, 0.4) is 0 Å². The van der Waals surface area contributed by atoms with Gasteiger partial charge in [-0.1, -0.05) is 103 Å². The molecular weight excluding hydrogens is 1050 g/mol. The van der Waals surface area contributed by atoms with Crippen molar-refractivity contribution >= 4 is 58.9 Å². The lowest BCUT2D eigenvalue weighted by atomic mass is 9.77. The quantitative estimate of drug-likeness (QED) is 0.00746. The van der Waals surface area contributed by atoms with Crippen molar-refractivity contribution in [3.05, 3.63) is 184 Å². The number of nitrogens with zero attached hydrogens (tertiary/aromatic N) is 2. The van der Waals surface area contributed by atoms with Crippen LogP contribution in [0.4, 0.5) is 16.2 Å². The predicted octanol–water partition coefficient (Wildman–Crippen LogP) is 4.62. The van der Waals surface area contributed by atoms with Crippen molar-refractivity contribution < 1.29 is 71.7 Å². The average molecular weight is 1110 g/mol. The zero-order valence-electron chi connectivity index (χ0n) is 44.6. The largest absolute Gasteiger partial charge is 0.514 e. The minimum atomic E-state index is -1.52. The molecule has 0 bridgehead atoms. The maximum Gasteiger partial charge on any atom is 0.514 e. The summed E-state index contributed by atoms with van der Waals surface area (Å²) in [6, 6.07) is 35.0. The molecule has 7 amide bonds. The molecule has 6 rings (SSSR count). The fourth-order valence-electron chi connectivity index (χ4n) is 8.07.